The zero-order chi connectivity index (χ0) is 11.3. The molecule has 0 spiro atoms. The fourth-order valence-corrected chi connectivity index (χ4v) is 3.01. The van der Waals surface area contributed by atoms with Gasteiger partial charge >= 0.3 is 0 Å². The van der Waals surface area contributed by atoms with Crippen molar-refractivity contribution in [3.05, 3.63) is 0 Å². The second-order valence-electron chi connectivity index (χ2n) is 5.77. The Balaban J connectivity index is 2.43. The van der Waals surface area contributed by atoms with E-state index in [9.17, 15) is 0 Å². The Bertz CT molecular complexity index is 171. The van der Waals surface area contributed by atoms with Crippen LogP contribution in [0.1, 0.15) is 40.0 Å². The van der Waals surface area contributed by atoms with Gasteiger partial charge in [-0.3, -0.25) is 0 Å². The largest absolute Gasteiger partial charge is 0.316 e. The Morgan fingerprint density at radius 2 is 2.13 bits per heavy atom. The summed E-state index contributed by atoms with van der Waals surface area (Å²) < 4.78 is 0. The normalized spacial score (nSPS) is 26.8. The van der Waals surface area contributed by atoms with Crippen molar-refractivity contribution < 1.29 is 0 Å². The Labute approximate surface area is 95.4 Å². The quantitative estimate of drug-likeness (QED) is 0.727. The highest BCUT2D eigenvalue weighted by atomic mass is 15.1. The zero-order valence-corrected chi connectivity index (χ0v) is 11.0. The molecule has 15 heavy (non-hydrogen) atoms. The lowest BCUT2D eigenvalue weighted by Gasteiger charge is -2.33. The first-order valence-corrected chi connectivity index (χ1v) is 6.47. The van der Waals surface area contributed by atoms with E-state index in [1.165, 1.54) is 45.4 Å². The first-order valence-electron chi connectivity index (χ1n) is 6.47. The third-order valence-electron chi connectivity index (χ3n) is 3.39. The van der Waals surface area contributed by atoms with Crippen molar-refractivity contribution in [2.45, 2.75) is 40.0 Å². The molecule has 0 aromatic heterocycles. The van der Waals surface area contributed by atoms with E-state index in [4.69, 9.17) is 0 Å². The van der Waals surface area contributed by atoms with Gasteiger partial charge in [0.25, 0.3) is 0 Å². The van der Waals surface area contributed by atoms with E-state index in [-0.39, 0.29) is 0 Å². The summed E-state index contributed by atoms with van der Waals surface area (Å²) in [6.07, 6.45) is 4.06. The van der Waals surface area contributed by atoms with Crippen molar-refractivity contribution in [2.24, 2.45) is 11.3 Å². The van der Waals surface area contributed by atoms with E-state index in [2.05, 4.69) is 38.0 Å². The lowest BCUT2D eigenvalue weighted by molar-refractivity contribution is 0.166. The average Bonchev–Trinajstić information content (AvgIpc) is 2.51. The standard InChI is InChI=1S/C13H28N2/c1-5-6-13(7-8-14-10-13)11-15(4)9-12(2)3/h12,14H,5-11H2,1-4H3. The molecular weight excluding hydrogens is 184 g/mol. The Hall–Kier alpha value is -0.0800. The van der Waals surface area contributed by atoms with Crippen molar-refractivity contribution >= 4 is 0 Å². The monoisotopic (exact) mass is 212 g/mol. The van der Waals surface area contributed by atoms with Crippen LogP contribution >= 0.6 is 0 Å². The molecule has 0 aliphatic carbocycles. The Morgan fingerprint density at radius 1 is 1.40 bits per heavy atom. The first-order chi connectivity index (χ1) is 7.08. The van der Waals surface area contributed by atoms with E-state index in [0.29, 0.717) is 5.41 Å². The third kappa shape index (κ3) is 4.12. The molecule has 0 amide bonds. The van der Waals surface area contributed by atoms with Crippen molar-refractivity contribution in [1.29, 1.82) is 0 Å². The molecule has 1 aliphatic heterocycles. The van der Waals surface area contributed by atoms with Crippen LogP contribution < -0.4 is 5.32 Å². The highest BCUT2D eigenvalue weighted by Gasteiger charge is 2.33. The van der Waals surface area contributed by atoms with Crippen molar-refractivity contribution in [3.8, 4) is 0 Å². The van der Waals surface area contributed by atoms with E-state index in [0.717, 1.165) is 5.92 Å². The molecule has 0 saturated carbocycles. The van der Waals surface area contributed by atoms with Crippen LogP contribution in [0.25, 0.3) is 0 Å². The smallest absolute Gasteiger partial charge is 0.00477 e. The van der Waals surface area contributed by atoms with Crippen LogP contribution in [0, 0.1) is 11.3 Å². The highest BCUT2D eigenvalue weighted by Crippen LogP contribution is 2.31. The summed E-state index contributed by atoms with van der Waals surface area (Å²) in [6.45, 7) is 11.9. The van der Waals surface area contributed by atoms with Crippen LogP contribution in [0.4, 0.5) is 0 Å². The van der Waals surface area contributed by atoms with Gasteiger partial charge in [0.15, 0.2) is 0 Å². The molecular formula is C13H28N2. The Kier molecular flexibility index (Phi) is 5.07. The molecule has 0 aromatic rings. The van der Waals surface area contributed by atoms with Crippen LogP contribution in [-0.2, 0) is 0 Å². The molecule has 0 bridgehead atoms. The van der Waals surface area contributed by atoms with Gasteiger partial charge in [-0.2, -0.15) is 0 Å². The molecule has 1 saturated heterocycles. The van der Waals surface area contributed by atoms with Crippen molar-refractivity contribution in [2.75, 3.05) is 33.2 Å². The van der Waals surface area contributed by atoms with Gasteiger partial charge in [-0.1, -0.05) is 27.2 Å². The molecule has 1 aliphatic rings. The van der Waals surface area contributed by atoms with Crippen LogP contribution in [-0.4, -0.2) is 38.1 Å². The predicted molar refractivity (Wildman–Crippen MR) is 67.2 cm³/mol. The molecule has 0 aromatic carbocycles. The summed E-state index contributed by atoms with van der Waals surface area (Å²) in [5.41, 5.74) is 0.568. The summed E-state index contributed by atoms with van der Waals surface area (Å²) in [5.74, 6) is 0.781. The molecule has 2 heteroatoms. The summed E-state index contributed by atoms with van der Waals surface area (Å²) in [7, 11) is 2.27. The second kappa shape index (κ2) is 5.86. The maximum absolute atomic E-state index is 3.53. The molecule has 1 fully saturated rings. The maximum Gasteiger partial charge on any atom is 0.00477 e. The first kappa shape index (κ1) is 13.0. The minimum Gasteiger partial charge on any atom is -0.316 e. The Morgan fingerprint density at radius 3 is 2.60 bits per heavy atom. The average molecular weight is 212 g/mol. The number of nitrogens with zero attached hydrogens (tertiary/aromatic N) is 1. The topological polar surface area (TPSA) is 15.3 Å². The van der Waals surface area contributed by atoms with Gasteiger partial charge in [-0.25, -0.2) is 0 Å². The van der Waals surface area contributed by atoms with E-state index < -0.39 is 0 Å². The molecule has 1 rings (SSSR count). The van der Waals surface area contributed by atoms with E-state index in [1.807, 2.05) is 0 Å². The van der Waals surface area contributed by atoms with Crippen LogP contribution in [0.2, 0.25) is 0 Å². The van der Waals surface area contributed by atoms with E-state index >= 15 is 0 Å². The third-order valence-corrected chi connectivity index (χ3v) is 3.39. The predicted octanol–water partition coefficient (Wildman–Crippen LogP) is 2.35. The second-order valence-corrected chi connectivity index (χ2v) is 5.77. The summed E-state index contributed by atoms with van der Waals surface area (Å²) >= 11 is 0. The SMILES string of the molecule is CCCC1(CN(C)CC(C)C)CCNC1. The van der Waals surface area contributed by atoms with Gasteiger partial charge in [0.1, 0.15) is 0 Å². The summed E-state index contributed by atoms with van der Waals surface area (Å²) in [6, 6.07) is 0. The molecule has 90 valence electrons. The minimum absolute atomic E-state index is 0.568. The van der Waals surface area contributed by atoms with Crippen molar-refractivity contribution in [1.82, 2.24) is 10.2 Å². The van der Waals surface area contributed by atoms with Gasteiger partial charge in [-0.15, -0.1) is 0 Å². The summed E-state index contributed by atoms with van der Waals surface area (Å²) in [5, 5.41) is 3.53. The van der Waals surface area contributed by atoms with Gasteiger partial charge in [0.05, 0.1) is 0 Å². The van der Waals surface area contributed by atoms with Gasteiger partial charge in [0, 0.05) is 19.6 Å². The number of rotatable bonds is 6. The van der Waals surface area contributed by atoms with Gasteiger partial charge in [0.2, 0.25) is 0 Å². The van der Waals surface area contributed by atoms with Crippen LogP contribution in [0.3, 0.4) is 0 Å². The summed E-state index contributed by atoms with van der Waals surface area (Å²) in [4.78, 5) is 2.52. The lowest BCUT2D eigenvalue weighted by Crippen LogP contribution is -2.38. The minimum atomic E-state index is 0.568. The lowest BCUT2D eigenvalue weighted by atomic mass is 9.82. The van der Waals surface area contributed by atoms with Crippen molar-refractivity contribution in [3.63, 3.8) is 0 Å². The number of hydrogen-bond donors (Lipinski definition) is 1. The fourth-order valence-electron chi connectivity index (χ4n) is 3.01. The molecule has 1 unspecified atom stereocenters. The molecule has 0 radical (unpaired) electrons. The van der Waals surface area contributed by atoms with Gasteiger partial charge < -0.3 is 10.2 Å². The zero-order valence-electron chi connectivity index (χ0n) is 11.0. The van der Waals surface area contributed by atoms with Crippen LogP contribution in [0.15, 0.2) is 0 Å². The number of nitrogens with one attached hydrogen (secondary N) is 1. The molecule has 2 nitrogen and oxygen atoms in total. The van der Waals surface area contributed by atoms with E-state index in [1.54, 1.807) is 0 Å². The maximum atomic E-state index is 3.53. The van der Waals surface area contributed by atoms with Crippen LogP contribution in [0.5, 0.6) is 0 Å². The fraction of sp³-hybridized carbons (Fsp3) is 1.00. The highest BCUT2D eigenvalue weighted by molar-refractivity contribution is 4.89. The molecule has 1 heterocycles. The molecule has 1 atom stereocenters. The molecule has 1 N–H and O–H groups in total. The number of hydrogen-bond acceptors (Lipinski definition) is 2. The van der Waals surface area contributed by atoms with Gasteiger partial charge in [-0.05, 0) is 37.8 Å².